The second-order valence-electron chi connectivity index (χ2n) is 5.84. The Balaban J connectivity index is 1.77. The molecule has 2 rings (SSSR count). The highest BCUT2D eigenvalue weighted by atomic mass is 127. The van der Waals surface area contributed by atoms with Gasteiger partial charge in [0.05, 0.1) is 36.1 Å². The number of sulfone groups is 2. The largest absolute Gasteiger partial charge is 0.340 e. The average molecular weight is 493 g/mol. The lowest BCUT2D eigenvalue weighted by atomic mass is 10.4. The molecule has 12 heteroatoms. The Labute approximate surface area is 155 Å². The number of amides is 2. The maximum absolute atomic E-state index is 12.1. The quantitative estimate of drug-likeness (QED) is 0.334. The van der Waals surface area contributed by atoms with Crippen LogP contribution in [0.15, 0.2) is 0 Å². The van der Waals surface area contributed by atoms with E-state index in [1.54, 1.807) is 0 Å². The van der Waals surface area contributed by atoms with Crippen molar-refractivity contribution in [1.29, 1.82) is 0 Å². The Kier molecular flexibility index (Phi) is 6.47. The van der Waals surface area contributed by atoms with E-state index in [-0.39, 0.29) is 74.1 Å². The smallest absolute Gasteiger partial charge is 0.237 e. The van der Waals surface area contributed by atoms with Gasteiger partial charge in [0.1, 0.15) is 0 Å². The third-order valence-electron chi connectivity index (χ3n) is 4.01. The summed E-state index contributed by atoms with van der Waals surface area (Å²) in [6.07, 6.45) is 0. The van der Waals surface area contributed by atoms with Crippen molar-refractivity contribution in [3.05, 3.63) is 0 Å². The minimum atomic E-state index is -3.04. The molecule has 0 radical (unpaired) electrons. The molecule has 2 saturated heterocycles. The van der Waals surface area contributed by atoms with Gasteiger partial charge in [-0.05, 0) is 0 Å². The maximum Gasteiger partial charge on any atom is 0.237 e. The molecule has 0 spiro atoms. The summed E-state index contributed by atoms with van der Waals surface area (Å²) in [4.78, 5) is 27.3. The van der Waals surface area contributed by atoms with Crippen LogP contribution in [0.5, 0.6) is 0 Å². The van der Waals surface area contributed by atoms with Gasteiger partial charge in [-0.3, -0.25) is 9.59 Å². The van der Waals surface area contributed by atoms with E-state index in [1.165, 1.54) is 12.9 Å². The summed E-state index contributed by atoms with van der Waals surface area (Å²) in [6, 6.07) is 0. The van der Waals surface area contributed by atoms with Crippen molar-refractivity contribution in [2.45, 2.75) is 0 Å². The fourth-order valence-electron chi connectivity index (χ4n) is 2.47. The summed E-state index contributed by atoms with van der Waals surface area (Å²) in [5.41, 5.74) is 0. The summed E-state index contributed by atoms with van der Waals surface area (Å²) in [7, 11) is -6.08. The van der Waals surface area contributed by atoms with Gasteiger partial charge in [0, 0.05) is 49.0 Å². The molecule has 0 aromatic heterocycles. The Hall–Kier alpha value is -0.470. The molecule has 2 aliphatic heterocycles. The van der Waals surface area contributed by atoms with E-state index in [1.807, 2.05) is 22.9 Å². The Morgan fingerprint density at radius 3 is 1.33 bits per heavy atom. The van der Waals surface area contributed by atoms with Crippen LogP contribution in [0.4, 0.5) is 0 Å². The number of nitrogens with zero attached hydrogens (tertiary/aromatic N) is 3. The molecule has 0 unspecified atom stereocenters. The van der Waals surface area contributed by atoms with Crippen LogP contribution in [0.25, 0.3) is 0 Å². The number of hydrogen-bond donors (Lipinski definition) is 0. The normalized spacial score (nSPS) is 23.2. The van der Waals surface area contributed by atoms with Gasteiger partial charge in [-0.1, -0.05) is 0 Å². The third-order valence-corrected chi connectivity index (χ3v) is 7.91. The standard InChI is InChI=1S/C12H20IN3O6S2/c13-16(9-11(17)14-1-5-23(19,20)6-2-14)10-12(18)15-3-7-24(21,22)8-4-15/h1-10H2. The minimum Gasteiger partial charge on any atom is -0.340 e. The number of halogens is 1. The molecule has 0 aliphatic carbocycles. The number of rotatable bonds is 4. The second kappa shape index (κ2) is 7.83. The lowest BCUT2D eigenvalue weighted by Gasteiger charge is -2.30. The van der Waals surface area contributed by atoms with Crippen molar-refractivity contribution in [3.8, 4) is 0 Å². The van der Waals surface area contributed by atoms with Gasteiger partial charge in [-0.2, -0.15) is 0 Å². The molecule has 138 valence electrons. The van der Waals surface area contributed by atoms with Crippen molar-refractivity contribution in [1.82, 2.24) is 12.9 Å². The zero-order valence-corrected chi connectivity index (χ0v) is 16.8. The highest BCUT2D eigenvalue weighted by Crippen LogP contribution is 2.09. The van der Waals surface area contributed by atoms with Crippen LogP contribution in [0.2, 0.25) is 0 Å². The Morgan fingerprint density at radius 2 is 1.04 bits per heavy atom. The van der Waals surface area contributed by atoms with E-state index in [9.17, 15) is 26.4 Å². The molecule has 0 N–H and O–H groups in total. The molecule has 0 aromatic rings. The highest BCUT2D eigenvalue weighted by molar-refractivity contribution is 14.1. The molecule has 0 bridgehead atoms. The molecule has 2 amide bonds. The summed E-state index contributed by atoms with van der Waals surface area (Å²) < 4.78 is 47.0. The van der Waals surface area contributed by atoms with Crippen LogP contribution in [-0.2, 0) is 29.3 Å². The molecule has 24 heavy (non-hydrogen) atoms. The van der Waals surface area contributed by atoms with Gasteiger partial charge in [0.25, 0.3) is 0 Å². The van der Waals surface area contributed by atoms with Crippen molar-refractivity contribution in [3.63, 3.8) is 0 Å². The molecular weight excluding hydrogens is 473 g/mol. The predicted octanol–water partition coefficient (Wildman–Crippen LogP) is -1.85. The van der Waals surface area contributed by atoms with Gasteiger partial charge in [0.2, 0.25) is 11.8 Å². The van der Waals surface area contributed by atoms with Crippen molar-refractivity contribution in [2.24, 2.45) is 0 Å². The first-order chi connectivity index (χ1) is 11.1. The van der Waals surface area contributed by atoms with Gasteiger partial charge in [-0.25, -0.2) is 19.9 Å². The topological polar surface area (TPSA) is 112 Å². The fraction of sp³-hybridized carbons (Fsp3) is 0.833. The maximum atomic E-state index is 12.1. The van der Waals surface area contributed by atoms with Gasteiger partial charge in [0.15, 0.2) is 19.7 Å². The third kappa shape index (κ3) is 5.81. The second-order valence-corrected chi connectivity index (χ2v) is 11.8. The zero-order valence-electron chi connectivity index (χ0n) is 13.1. The van der Waals surface area contributed by atoms with E-state index in [0.29, 0.717) is 0 Å². The van der Waals surface area contributed by atoms with E-state index >= 15 is 0 Å². The van der Waals surface area contributed by atoms with Crippen LogP contribution in [0.1, 0.15) is 0 Å². The average Bonchev–Trinajstić information content (AvgIpc) is 2.46. The monoisotopic (exact) mass is 493 g/mol. The lowest BCUT2D eigenvalue weighted by Crippen LogP contribution is -2.49. The van der Waals surface area contributed by atoms with Crippen molar-refractivity contribution < 1.29 is 26.4 Å². The van der Waals surface area contributed by atoms with E-state index in [0.717, 1.165) is 0 Å². The molecule has 0 aromatic carbocycles. The molecule has 0 atom stereocenters. The molecule has 2 fully saturated rings. The molecule has 9 nitrogen and oxygen atoms in total. The van der Waals surface area contributed by atoms with Crippen LogP contribution in [0.3, 0.4) is 0 Å². The summed E-state index contributed by atoms with van der Waals surface area (Å²) in [5, 5.41) is 0. The SMILES string of the molecule is O=C(CN(I)CC(=O)N1CCS(=O)(=O)CC1)N1CCS(=O)(=O)CC1. The van der Waals surface area contributed by atoms with Crippen LogP contribution >= 0.6 is 22.9 Å². The summed E-state index contributed by atoms with van der Waals surface area (Å²) in [6.45, 7) is 0.761. The number of carbonyl (C=O) groups is 2. The van der Waals surface area contributed by atoms with Crippen molar-refractivity contribution >= 4 is 54.4 Å². The summed E-state index contributed by atoms with van der Waals surface area (Å²) in [5.74, 6) is -0.536. The molecule has 2 heterocycles. The Morgan fingerprint density at radius 1 is 0.750 bits per heavy atom. The fourth-order valence-corrected chi connectivity index (χ4v) is 5.46. The van der Waals surface area contributed by atoms with Crippen molar-refractivity contribution in [2.75, 3.05) is 62.3 Å². The number of hydrogen-bond acceptors (Lipinski definition) is 7. The first kappa shape index (κ1) is 19.8. The van der Waals surface area contributed by atoms with E-state index in [2.05, 4.69) is 0 Å². The first-order valence-electron chi connectivity index (χ1n) is 7.45. The van der Waals surface area contributed by atoms with Crippen LogP contribution < -0.4 is 0 Å². The lowest BCUT2D eigenvalue weighted by molar-refractivity contribution is -0.132. The van der Waals surface area contributed by atoms with E-state index in [4.69, 9.17) is 0 Å². The minimum absolute atomic E-state index is 0.0124. The number of carbonyl (C=O) groups excluding carboxylic acids is 2. The van der Waals surface area contributed by atoms with Gasteiger partial charge in [-0.15, -0.1) is 0 Å². The zero-order chi connectivity index (χ0) is 18.0. The molecule has 2 aliphatic rings. The first-order valence-corrected chi connectivity index (χ1v) is 12.1. The molecular formula is C12H20IN3O6S2. The van der Waals surface area contributed by atoms with Crippen LogP contribution in [-0.4, -0.2) is 104 Å². The van der Waals surface area contributed by atoms with Crippen LogP contribution in [0, 0.1) is 0 Å². The summed E-state index contributed by atoms with van der Waals surface area (Å²) >= 11 is 1.88. The van der Waals surface area contributed by atoms with E-state index < -0.39 is 19.7 Å². The van der Waals surface area contributed by atoms with Gasteiger partial charge < -0.3 is 9.80 Å². The molecule has 0 saturated carbocycles. The Bertz CT molecular complexity index is 620. The predicted molar refractivity (Wildman–Crippen MR) is 96.1 cm³/mol. The van der Waals surface area contributed by atoms with Gasteiger partial charge >= 0.3 is 0 Å². The highest BCUT2D eigenvalue weighted by Gasteiger charge is 2.28.